The minimum atomic E-state index is 0.639. The van der Waals surface area contributed by atoms with E-state index in [1.807, 2.05) is 0 Å². The molecule has 2 aromatic heterocycles. The molecular formula is C15H17N3. The molecule has 18 heavy (non-hydrogen) atoms. The monoisotopic (exact) mass is 239 g/mol. The second kappa shape index (κ2) is 4.10. The van der Waals surface area contributed by atoms with E-state index in [4.69, 9.17) is 5.73 Å². The second-order valence-corrected chi connectivity index (χ2v) is 4.85. The summed E-state index contributed by atoms with van der Waals surface area (Å²) in [4.78, 5) is 4.63. The van der Waals surface area contributed by atoms with Gasteiger partial charge >= 0.3 is 0 Å². The van der Waals surface area contributed by atoms with E-state index < -0.39 is 0 Å². The van der Waals surface area contributed by atoms with Crippen molar-refractivity contribution >= 4 is 16.6 Å². The Morgan fingerprint density at radius 2 is 2.06 bits per heavy atom. The predicted molar refractivity (Wildman–Crippen MR) is 74.9 cm³/mol. The summed E-state index contributed by atoms with van der Waals surface area (Å²) in [5, 5.41) is 1.28. The molecule has 0 atom stereocenters. The lowest BCUT2D eigenvalue weighted by molar-refractivity contribution is 0.937. The van der Waals surface area contributed by atoms with Crippen molar-refractivity contribution in [2.75, 3.05) is 6.54 Å². The Labute approximate surface area is 106 Å². The number of benzene rings is 1. The Morgan fingerprint density at radius 1 is 1.22 bits per heavy atom. The van der Waals surface area contributed by atoms with Gasteiger partial charge in [-0.1, -0.05) is 12.1 Å². The van der Waals surface area contributed by atoms with Gasteiger partial charge in [0.2, 0.25) is 0 Å². The summed E-state index contributed by atoms with van der Waals surface area (Å²) in [7, 11) is 0. The lowest BCUT2D eigenvalue weighted by Gasteiger charge is -2.06. The molecular weight excluding hydrogens is 222 g/mol. The third-order valence-electron chi connectivity index (χ3n) is 3.37. The molecule has 0 unspecified atom stereocenters. The van der Waals surface area contributed by atoms with Crippen molar-refractivity contribution in [3.05, 3.63) is 47.3 Å². The zero-order valence-electron chi connectivity index (χ0n) is 10.8. The highest BCUT2D eigenvalue weighted by molar-refractivity contribution is 5.86. The molecule has 0 saturated heterocycles. The number of nitrogens with two attached hydrogens (primary N) is 1. The molecule has 1 aromatic carbocycles. The van der Waals surface area contributed by atoms with E-state index in [1.165, 1.54) is 22.0 Å². The van der Waals surface area contributed by atoms with Crippen molar-refractivity contribution in [3.63, 3.8) is 0 Å². The normalized spacial score (nSPS) is 11.5. The van der Waals surface area contributed by atoms with Crippen LogP contribution in [0.2, 0.25) is 0 Å². The Morgan fingerprint density at radius 3 is 2.83 bits per heavy atom. The average Bonchev–Trinajstić information content (AvgIpc) is 2.72. The molecule has 0 fully saturated rings. The van der Waals surface area contributed by atoms with Crippen LogP contribution >= 0.6 is 0 Å². The predicted octanol–water partition coefficient (Wildman–Crippen LogP) is 2.61. The average molecular weight is 239 g/mol. The van der Waals surface area contributed by atoms with Crippen molar-refractivity contribution < 1.29 is 0 Å². The first kappa shape index (κ1) is 11.2. The summed E-state index contributed by atoms with van der Waals surface area (Å²) < 4.78 is 2.17. The third kappa shape index (κ3) is 1.68. The molecule has 92 valence electrons. The molecule has 3 heteroatoms. The summed E-state index contributed by atoms with van der Waals surface area (Å²) in [5.74, 6) is 0. The standard InChI is InChI=1S/C15H17N3/c1-10-3-4-13-11(2)8-15-17-12(5-6-16)9-18(15)14(13)7-10/h3-4,7-9H,5-6,16H2,1-2H3. The van der Waals surface area contributed by atoms with Crippen LogP contribution in [0.15, 0.2) is 30.5 Å². The summed E-state index contributed by atoms with van der Waals surface area (Å²) >= 11 is 0. The van der Waals surface area contributed by atoms with Crippen LogP contribution in [0.4, 0.5) is 0 Å². The first-order valence-electron chi connectivity index (χ1n) is 6.27. The third-order valence-corrected chi connectivity index (χ3v) is 3.37. The van der Waals surface area contributed by atoms with Gasteiger partial charge in [0, 0.05) is 18.0 Å². The number of fused-ring (bicyclic) bond motifs is 3. The fraction of sp³-hybridized carbons (Fsp3) is 0.267. The van der Waals surface area contributed by atoms with Crippen LogP contribution in [0.25, 0.3) is 16.6 Å². The zero-order chi connectivity index (χ0) is 12.7. The minimum Gasteiger partial charge on any atom is -0.330 e. The fourth-order valence-electron chi connectivity index (χ4n) is 2.45. The summed E-state index contributed by atoms with van der Waals surface area (Å²) in [6, 6.07) is 8.68. The molecule has 2 heterocycles. The first-order chi connectivity index (χ1) is 8.69. The number of hydrogen-bond donors (Lipinski definition) is 1. The second-order valence-electron chi connectivity index (χ2n) is 4.85. The van der Waals surface area contributed by atoms with Gasteiger partial charge in [-0.15, -0.1) is 0 Å². The van der Waals surface area contributed by atoms with E-state index in [1.54, 1.807) is 0 Å². The lowest BCUT2D eigenvalue weighted by Crippen LogP contribution is -2.02. The number of pyridine rings is 1. The number of rotatable bonds is 2. The molecule has 0 radical (unpaired) electrons. The summed E-state index contributed by atoms with van der Waals surface area (Å²) in [6.45, 7) is 4.89. The van der Waals surface area contributed by atoms with Crippen molar-refractivity contribution in [2.45, 2.75) is 20.3 Å². The van der Waals surface area contributed by atoms with Crippen molar-refractivity contribution in [3.8, 4) is 0 Å². The maximum Gasteiger partial charge on any atom is 0.137 e. The minimum absolute atomic E-state index is 0.639. The van der Waals surface area contributed by atoms with Gasteiger partial charge in [-0.3, -0.25) is 4.40 Å². The number of aromatic nitrogens is 2. The van der Waals surface area contributed by atoms with Crippen molar-refractivity contribution in [1.29, 1.82) is 0 Å². The quantitative estimate of drug-likeness (QED) is 0.747. The van der Waals surface area contributed by atoms with Gasteiger partial charge in [0.15, 0.2) is 0 Å². The van der Waals surface area contributed by atoms with Gasteiger partial charge in [0.05, 0.1) is 11.2 Å². The Hall–Kier alpha value is -1.87. The van der Waals surface area contributed by atoms with Gasteiger partial charge in [-0.05, 0) is 43.7 Å². The zero-order valence-corrected chi connectivity index (χ0v) is 10.8. The molecule has 0 aliphatic carbocycles. The molecule has 0 spiro atoms. The van der Waals surface area contributed by atoms with Crippen LogP contribution in [0.5, 0.6) is 0 Å². The van der Waals surface area contributed by atoms with Crippen molar-refractivity contribution in [2.24, 2.45) is 5.73 Å². The van der Waals surface area contributed by atoms with E-state index in [0.717, 1.165) is 17.8 Å². The van der Waals surface area contributed by atoms with Crippen LogP contribution in [0.1, 0.15) is 16.8 Å². The van der Waals surface area contributed by atoms with Crippen LogP contribution in [-0.2, 0) is 6.42 Å². The smallest absolute Gasteiger partial charge is 0.137 e. The van der Waals surface area contributed by atoms with E-state index in [0.29, 0.717) is 6.54 Å². The molecule has 0 saturated carbocycles. The highest BCUT2D eigenvalue weighted by Gasteiger charge is 2.07. The van der Waals surface area contributed by atoms with Crippen LogP contribution in [0.3, 0.4) is 0 Å². The Kier molecular flexibility index (Phi) is 2.56. The van der Waals surface area contributed by atoms with Gasteiger partial charge in [0.1, 0.15) is 5.65 Å². The maximum atomic E-state index is 5.60. The molecule has 0 bridgehead atoms. The molecule has 0 aliphatic rings. The highest BCUT2D eigenvalue weighted by atomic mass is 15.0. The number of nitrogens with zero attached hydrogens (tertiary/aromatic N) is 2. The van der Waals surface area contributed by atoms with Gasteiger partial charge in [-0.25, -0.2) is 4.98 Å². The molecule has 0 amide bonds. The fourth-order valence-corrected chi connectivity index (χ4v) is 2.45. The van der Waals surface area contributed by atoms with Crippen LogP contribution in [0, 0.1) is 13.8 Å². The van der Waals surface area contributed by atoms with E-state index in [-0.39, 0.29) is 0 Å². The number of imidazole rings is 1. The molecule has 3 nitrogen and oxygen atoms in total. The Bertz CT molecular complexity index is 725. The molecule has 0 aliphatic heterocycles. The number of aryl methyl sites for hydroxylation is 2. The Balaban J connectivity index is 2.39. The SMILES string of the molecule is Cc1ccc2c(C)cc3nc(CCN)cn3c2c1. The van der Waals surface area contributed by atoms with E-state index >= 15 is 0 Å². The largest absolute Gasteiger partial charge is 0.330 e. The summed E-state index contributed by atoms with van der Waals surface area (Å²) in [6.07, 6.45) is 2.93. The topological polar surface area (TPSA) is 43.3 Å². The van der Waals surface area contributed by atoms with Gasteiger partial charge < -0.3 is 5.73 Å². The first-order valence-corrected chi connectivity index (χ1v) is 6.27. The molecule has 3 aromatic rings. The maximum absolute atomic E-state index is 5.60. The highest BCUT2D eigenvalue weighted by Crippen LogP contribution is 2.22. The van der Waals surface area contributed by atoms with Gasteiger partial charge in [-0.2, -0.15) is 0 Å². The molecule has 2 N–H and O–H groups in total. The summed E-state index contributed by atoms with van der Waals surface area (Å²) in [5.41, 5.74) is 11.4. The van der Waals surface area contributed by atoms with Gasteiger partial charge in [0.25, 0.3) is 0 Å². The van der Waals surface area contributed by atoms with Crippen LogP contribution < -0.4 is 5.73 Å². The van der Waals surface area contributed by atoms with E-state index in [9.17, 15) is 0 Å². The van der Waals surface area contributed by atoms with Crippen LogP contribution in [-0.4, -0.2) is 15.9 Å². The lowest BCUT2D eigenvalue weighted by atomic mass is 10.1. The van der Waals surface area contributed by atoms with Crippen molar-refractivity contribution in [1.82, 2.24) is 9.38 Å². The van der Waals surface area contributed by atoms with E-state index in [2.05, 4.69) is 53.7 Å². The number of hydrogen-bond acceptors (Lipinski definition) is 2. The molecule has 3 rings (SSSR count).